The summed E-state index contributed by atoms with van der Waals surface area (Å²) in [4.78, 5) is 14.1. The number of rotatable bonds is 5. The molecule has 1 N–H and O–H groups in total. The Kier molecular flexibility index (Phi) is 5.36. The number of alkyl halides is 2. The first kappa shape index (κ1) is 15.5. The molecule has 1 aliphatic heterocycles. The van der Waals surface area contributed by atoms with Gasteiger partial charge in [-0.3, -0.25) is 0 Å². The minimum Gasteiger partial charge on any atom is -0.435 e. The molecule has 1 aromatic rings. The first-order valence-corrected chi connectivity index (χ1v) is 7.22. The van der Waals surface area contributed by atoms with Gasteiger partial charge < -0.3 is 15.0 Å². The topological polar surface area (TPSA) is 41.6 Å². The van der Waals surface area contributed by atoms with E-state index in [2.05, 4.69) is 17.0 Å². The maximum Gasteiger partial charge on any atom is 0.387 e. The monoisotopic (exact) mass is 298 g/mol. The minimum absolute atomic E-state index is 0.0769. The highest BCUT2D eigenvalue weighted by Crippen LogP contribution is 2.23. The fraction of sp³-hybridized carbons (Fsp3) is 0.533. The van der Waals surface area contributed by atoms with Crippen molar-refractivity contribution in [2.24, 2.45) is 0 Å². The third-order valence-electron chi connectivity index (χ3n) is 3.59. The number of hydrogen-bond acceptors (Lipinski definition) is 2. The molecule has 2 rings (SSSR count). The van der Waals surface area contributed by atoms with Gasteiger partial charge in [0.1, 0.15) is 5.75 Å². The lowest BCUT2D eigenvalue weighted by Crippen LogP contribution is -2.38. The highest BCUT2D eigenvalue weighted by molar-refractivity contribution is 5.89. The van der Waals surface area contributed by atoms with Gasteiger partial charge in [0.15, 0.2) is 0 Å². The zero-order chi connectivity index (χ0) is 15.2. The zero-order valence-electron chi connectivity index (χ0n) is 12.0. The molecule has 1 saturated heterocycles. The van der Waals surface area contributed by atoms with Gasteiger partial charge in [0.05, 0.1) is 0 Å². The number of benzene rings is 1. The molecule has 21 heavy (non-hydrogen) atoms. The zero-order valence-corrected chi connectivity index (χ0v) is 12.0. The molecule has 1 aliphatic rings. The second-order valence-electron chi connectivity index (χ2n) is 5.11. The summed E-state index contributed by atoms with van der Waals surface area (Å²) < 4.78 is 28.4. The van der Waals surface area contributed by atoms with Crippen molar-refractivity contribution in [3.8, 4) is 5.75 Å². The fourth-order valence-corrected chi connectivity index (χ4v) is 2.65. The van der Waals surface area contributed by atoms with Crippen LogP contribution in [0.2, 0.25) is 0 Å². The molecule has 0 aromatic heterocycles. The molecule has 0 bridgehead atoms. The highest BCUT2D eigenvalue weighted by atomic mass is 19.3. The molecule has 0 spiro atoms. The second-order valence-corrected chi connectivity index (χ2v) is 5.11. The minimum atomic E-state index is -2.84. The Bertz CT molecular complexity index is 465. The molecule has 2 amide bonds. The summed E-state index contributed by atoms with van der Waals surface area (Å²) in [6.45, 7) is 0.0315. The molecule has 1 aromatic carbocycles. The van der Waals surface area contributed by atoms with Crippen molar-refractivity contribution in [1.29, 1.82) is 0 Å². The SMILES string of the molecule is CCC[C@H]1CCCN1C(=O)Nc1ccc(OC(F)F)cc1. The van der Waals surface area contributed by atoms with Crippen LogP contribution in [0.15, 0.2) is 24.3 Å². The third kappa shape index (κ3) is 4.31. The first-order chi connectivity index (χ1) is 10.1. The number of ether oxygens (including phenoxy) is 1. The molecule has 6 heteroatoms. The lowest BCUT2D eigenvalue weighted by Gasteiger charge is -2.24. The van der Waals surface area contributed by atoms with E-state index < -0.39 is 6.61 Å². The molecular formula is C15H20F2N2O2. The largest absolute Gasteiger partial charge is 0.435 e. The van der Waals surface area contributed by atoms with Gasteiger partial charge in [0, 0.05) is 18.3 Å². The number of nitrogens with one attached hydrogen (secondary N) is 1. The van der Waals surface area contributed by atoms with Gasteiger partial charge in [-0.15, -0.1) is 0 Å². The van der Waals surface area contributed by atoms with Crippen LogP contribution in [-0.4, -0.2) is 30.1 Å². The van der Waals surface area contributed by atoms with Crippen molar-refractivity contribution in [2.75, 3.05) is 11.9 Å². The molecule has 1 atom stereocenters. The second kappa shape index (κ2) is 7.24. The molecule has 4 nitrogen and oxygen atoms in total. The van der Waals surface area contributed by atoms with Crippen molar-refractivity contribution >= 4 is 11.7 Å². The molecule has 0 saturated carbocycles. The Morgan fingerprint density at radius 1 is 1.43 bits per heavy atom. The fourth-order valence-electron chi connectivity index (χ4n) is 2.65. The molecule has 0 unspecified atom stereocenters. The van der Waals surface area contributed by atoms with Crippen molar-refractivity contribution in [3.63, 3.8) is 0 Å². The number of carbonyl (C=O) groups is 1. The number of urea groups is 1. The van der Waals surface area contributed by atoms with Crippen LogP contribution in [0.25, 0.3) is 0 Å². The summed E-state index contributed by atoms with van der Waals surface area (Å²) in [6.07, 6.45) is 4.13. The first-order valence-electron chi connectivity index (χ1n) is 7.22. The van der Waals surface area contributed by atoms with E-state index in [-0.39, 0.29) is 11.8 Å². The number of amides is 2. The van der Waals surface area contributed by atoms with Crippen LogP contribution < -0.4 is 10.1 Å². The highest BCUT2D eigenvalue weighted by Gasteiger charge is 2.27. The summed E-state index contributed by atoms with van der Waals surface area (Å²) in [7, 11) is 0. The van der Waals surface area contributed by atoms with Crippen molar-refractivity contribution in [1.82, 2.24) is 4.90 Å². The van der Waals surface area contributed by atoms with Gasteiger partial charge in [-0.25, -0.2) is 4.79 Å². The van der Waals surface area contributed by atoms with Gasteiger partial charge in [0.25, 0.3) is 0 Å². The smallest absolute Gasteiger partial charge is 0.387 e. The van der Waals surface area contributed by atoms with Gasteiger partial charge in [-0.1, -0.05) is 13.3 Å². The summed E-state index contributed by atoms with van der Waals surface area (Å²) in [5, 5.41) is 2.80. The number of carbonyl (C=O) groups excluding carboxylic acids is 1. The summed E-state index contributed by atoms with van der Waals surface area (Å²) in [5.74, 6) is 0.0769. The van der Waals surface area contributed by atoms with Crippen LogP contribution in [0, 0.1) is 0 Å². The van der Waals surface area contributed by atoms with Crippen LogP contribution in [-0.2, 0) is 0 Å². The third-order valence-corrected chi connectivity index (χ3v) is 3.59. The van der Waals surface area contributed by atoms with Crippen molar-refractivity contribution < 1.29 is 18.3 Å². The number of likely N-dealkylation sites (tertiary alicyclic amines) is 1. The molecule has 0 aliphatic carbocycles. The number of hydrogen-bond donors (Lipinski definition) is 1. The van der Waals surface area contributed by atoms with Gasteiger partial charge >= 0.3 is 12.6 Å². The van der Waals surface area contributed by atoms with Gasteiger partial charge in [0.2, 0.25) is 0 Å². The number of anilines is 1. The normalized spacial score (nSPS) is 18.1. The average molecular weight is 298 g/mol. The quantitative estimate of drug-likeness (QED) is 0.889. The number of halogens is 2. The van der Waals surface area contributed by atoms with Gasteiger partial charge in [-0.2, -0.15) is 8.78 Å². The average Bonchev–Trinajstić information content (AvgIpc) is 2.89. The van der Waals surface area contributed by atoms with E-state index in [1.54, 1.807) is 12.1 Å². The summed E-state index contributed by atoms with van der Waals surface area (Å²) in [6, 6.07) is 6.11. The Morgan fingerprint density at radius 3 is 2.76 bits per heavy atom. The summed E-state index contributed by atoms with van der Waals surface area (Å²) >= 11 is 0. The van der Waals surface area contributed by atoms with E-state index >= 15 is 0 Å². The molecule has 116 valence electrons. The predicted molar refractivity (Wildman–Crippen MR) is 76.7 cm³/mol. The lowest BCUT2D eigenvalue weighted by atomic mass is 10.1. The maximum absolute atomic E-state index is 12.2. The van der Waals surface area contributed by atoms with Crippen molar-refractivity contribution in [3.05, 3.63) is 24.3 Å². The molecule has 0 radical (unpaired) electrons. The van der Waals surface area contributed by atoms with E-state index in [0.717, 1.165) is 32.2 Å². The Labute approximate surface area is 123 Å². The summed E-state index contributed by atoms with van der Waals surface area (Å²) in [5.41, 5.74) is 0.573. The van der Waals surface area contributed by atoms with E-state index in [0.29, 0.717) is 11.7 Å². The van der Waals surface area contributed by atoms with Crippen molar-refractivity contribution in [2.45, 2.75) is 45.3 Å². The lowest BCUT2D eigenvalue weighted by molar-refractivity contribution is -0.0498. The Balaban J connectivity index is 1.93. The standard InChI is InChI=1S/C15H20F2N2O2/c1-2-4-12-5-3-10-19(12)15(20)18-11-6-8-13(9-7-11)21-14(16)17/h6-9,12,14H,2-5,10H2,1H3,(H,18,20)/t12-/m0/s1. The van der Waals surface area contributed by atoms with Crippen LogP contribution in [0.4, 0.5) is 19.3 Å². The van der Waals surface area contributed by atoms with Crippen LogP contribution in [0.3, 0.4) is 0 Å². The Morgan fingerprint density at radius 2 is 2.14 bits per heavy atom. The van der Waals surface area contributed by atoms with Gasteiger partial charge in [-0.05, 0) is 43.5 Å². The van der Waals surface area contributed by atoms with E-state index in [1.165, 1.54) is 12.1 Å². The molecule has 1 fully saturated rings. The number of nitrogens with zero attached hydrogens (tertiary/aromatic N) is 1. The van der Waals surface area contributed by atoms with E-state index in [9.17, 15) is 13.6 Å². The van der Waals surface area contributed by atoms with E-state index in [4.69, 9.17) is 0 Å². The van der Waals surface area contributed by atoms with Crippen LogP contribution >= 0.6 is 0 Å². The van der Waals surface area contributed by atoms with E-state index in [1.807, 2.05) is 4.90 Å². The molecule has 1 heterocycles. The van der Waals surface area contributed by atoms with Crippen LogP contribution in [0.1, 0.15) is 32.6 Å². The molecular weight excluding hydrogens is 278 g/mol. The maximum atomic E-state index is 12.2. The Hall–Kier alpha value is -1.85. The van der Waals surface area contributed by atoms with Crippen LogP contribution in [0.5, 0.6) is 5.75 Å². The predicted octanol–water partition coefficient (Wildman–Crippen LogP) is 4.08.